The zero-order valence-electron chi connectivity index (χ0n) is 11.3. The van der Waals surface area contributed by atoms with Gasteiger partial charge in [0, 0.05) is 19.6 Å². The second-order valence-electron chi connectivity index (χ2n) is 4.18. The van der Waals surface area contributed by atoms with Gasteiger partial charge < -0.3 is 21.7 Å². The van der Waals surface area contributed by atoms with Crippen LogP contribution in [0, 0.1) is 0 Å². The van der Waals surface area contributed by atoms with Crippen molar-refractivity contribution in [2.75, 3.05) is 30.3 Å². The highest BCUT2D eigenvalue weighted by Gasteiger charge is 2.08. The monoisotopic (exact) mass is 294 g/mol. The Bertz CT molecular complexity index is 584. The normalized spacial score (nSPS) is 10.4. The molecule has 5 N–H and O–H groups in total. The molecule has 0 atom stereocenters. The zero-order chi connectivity index (χ0) is 14.4. The van der Waals surface area contributed by atoms with E-state index in [1.54, 1.807) is 11.3 Å². The van der Waals surface area contributed by atoms with Gasteiger partial charge in [-0.25, -0.2) is 9.78 Å². The Morgan fingerprint density at radius 3 is 2.90 bits per heavy atom. The van der Waals surface area contributed by atoms with E-state index in [0.29, 0.717) is 19.0 Å². The van der Waals surface area contributed by atoms with E-state index in [1.165, 1.54) is 0 Å². The Morgan fingerprint density at radius 1 is 1.30 bits per heavy atom. The van der Waals surface area contributed by atoms with E-state index in [0.717, 1.165) is 29.0 Å². The van der Waals surface area contributed by atoms with E-state index in [9.17, 15) is 4.79 Å². The molecule has 2 aromatic heterocycles. The number of thiophene rings is 1. The summed E-state index contributed by atoms with van der Waals surface area (Å²) in [4.78, 5) is 20.5. The molecular weight excluding hydrogens is 276 g/mol. The summed E-state index contributed by atoms with van der Waals surface area (Å²) in [5, 5.41) is 11.9. The highest BCUT2D eigenvalue weighted by atomic mass is 32.1. The van der Waals surface area contributed by atoms with Gasteiger partial charge in [-0.05, 0) is 17.9 Å². The molecule has 0 saturated carbocycles. The number of fused-ring (bicyclic) bond motifs is 1. The maximum atomic E-state index is 10.6. The molecule has 7 nitrogen and oxygen atoms in total. The molecule has 108 valence electrons. The lowest BCUT2D eigenvalue weighted by Gasteiger charge is -2.09. The summed E-state index contributed by atoms with van der Waals surface area (Å²) in [6.07, 6.45) is 1.01. The van der Waals surface area contributed by atoms with Crippen molar-refractivity contribution in [2.45, 2.75) is 13.3 Å². The van der Waals surface area contributed by atoms with Gasteiger partial charge in [0.2, 0.25) is 5.95 Å². The maximum Gasteiger partial charge on any atom is 0.312 e. The molecule has 0 unspecified atom stereocenters. The van der Waals surface area contributed by atoms with Gasteiger partial charge in [0.1, 0.15) is 10.6 Å². The van der Waals surface area contributed by atoms with Crippen molar-refractivity contribution in [3.05, 3.63) is 11.4 Å². The van der Waals surface area contributed by atoms with Gasteiger partial charge in [-0.1, -0.05) is 6.92 Å². The number of aromatic nitrogens is 2. The van der Waals surface area contributed by atoms with Crippen molar-refractivity contribution in [1.82, 2.24) is 15.3 Å². The van der Waals surface area contributed by atoms with E-state index in [2.05, 4.69) is 32.8 Å². The van der Waals surface area contributed by atoms with Gasteiger partial charge in [0.15, 0.2) is 0 Å². The van der Waals surface area contributed by atoms with E-state index in [-0.39, 0.29) is 0 Å². The Hall–Kier alpha value is -2.09. The minimum atomic E-state index is -0.527. The van der Waals surface area contributed by atoms with Crippen LogP contribution in [-0.2, 0) is 0 Å². The summed E-state index contributed by atoms with van der Waals surface area (Å²) in [7, 11) is 0. The summed E-state index contributed by atoms with van der Waals surface area (Å²) in [5.41, 5.74) is 5.01. The minimum Gasteiger partial charge on any atom is -0.368 e. The van der Waals surface area contributed by atoms with Gasteiger partial charge >= 0.3 is 6.03 Å². The molecule has 0 aliphatic heterocycles. The third kappa shape index (κ3) is 3.70. The van der Waals surface area contributed by atoms with Crippen LogP contribution in [0.4, 0.5) is 16.6 Å². The lowest BCUT2D eigenvalue weighted by Crippen LogP contribution is -2.33. The Morgan fingerprint density at radius 2 is 2.15 bits per heavy atom. The first-order valence-corrected chi connectivity index (χ1v) is 7.35. The Balaban J connectivity index is 2.08. The SMILES string of the molecule is CCCNc1nc(NCCNC(N)=O)c2ccsc2n1. The van der Waals surface area contributed by atoms with Crippen LogP contribution in [0.3, 0.4) is 0 Å². The third-order valence-electron chi connectivity index (χ3n) is 2.57. The first-order chi connectivity index (χ1) is 9.70. The summed E-state index contributed by atoms with van der Waals surface area (Å²) < 4.78 is 0. The second kappa shape index (κ2) is 6.90. The number of amides is 2. The summed E-state index contributed by atoms with van der Waals surface area (Å²) in [5.74, 6) is 1.38. The molecule has 0 aliphatic carbocycles. The van der Waals surface area contributed by atoms with Crippen molar-refractivity contribution in [3.63, 3.8) is 0 Å². The van der Waals surface area contributed by atoms with Gasteiger partial charge in [0.25, 0.3) is 0 Å². The number of urea groups is 1. The molecule has 0 fully saturated rings. The smallest absolute Gasteiger partial charge is 0.312 e. The van der Waals surface area contributed by atoms with Crippen molar-refractivity contribution in [1.29, 1.82) is 0 Å². The molecule has 0 aliphatic rings. The predicted octanol–water partition coefficient (Wildman–Crippen LogP) is 1.59. The third-order valence-corrected chi connectivity index (χ3v) is 3.38. The quantitative estimate of drug-likeness (QED) is 0.580. The minimum absolute atomic E-state index is 0.447. The number of nitrogens with zero attached hydrogens (tertiary/aromatic N) is 2. The van der Waals surface area contributed by atoms with Crippen LogP contribution in [0.15, 0.2) is 11.4 Å². The molecule has 2 amide bonds. The number of hydrogen-bond acceptors (Lipinski definition) is 6. The molecule has 20 heavy (non-hydrogen) atoms. The van der Waals surface area contributed by atoms with Crippen molar-refractivity contribution in [2.24, 2.45) is 5.73 Å². The van der Waals surface area contributed by atoms with Crippen LogP contribution in [0.2, 0.25) is 0 Å². The number of anilines is 2. The molecule has 2 heterocycles. The topological polar surface area (TPSA) is 105 Å². The summed E-state index contributed by atoms with van der Waals surface area (Å²) in [6, 6.07) is 1.45. The fourth-order valence-electron chi connectivity index (χ4n) is 1.67. The van der Waals surface area contributed by atoms with E-state index < -0.39 is 6.03 Å². The molecule has 2 rings (SSSR count). The standard InChI is InChI=1S/C12H18N6OS/c1-2-4-16-12-17-9(14-5-6-15-11(13)19)8-3-7-20-10(8)18-12/h3,7H,2,4-6H2,1H3,(H3,13,15,19)(H2,14,16,17,18). The number of nitrogens with one attached hydrogen (secondary N) is 3. The van der Waals surface area contributed by atoms with Gasteiger partial charge in [-0.15, -0.1) is 11.3 Å². The summed E-state index contributed by atoms with van der Waals surface area (Å²) in [6.45, 7) is 3.92. The average molecular weight is 294 g/mol. The van der Waals surface area contributed by atoms with Crippen LogP contribution in [0.1, 0.15) is 13.3 Å². The number of rotatable bonds is 7. The molecule has 2 aromatic rings. The molecule has 0 spiro atoms. The van der Waals surface area contributed by atoms with Crippen molar-refractivity contribution in [3.8, 4) is 0 Å². The Kier molecular flexibility index (Phi) is 4.94. The summed E-state index contributed by atoms with van der Waals surface area (Å²) >= 11 is 1.57. The number of primary amides is 1. The predicted molar refractivity (Wildman–Crippen MR) is 82.3 cm³/mol. The highest BCUT2D eigenvalue weighted by Crippen LogP contribution is 2.26. The highest BCUT2D eigenvalue weighted by molar-refractivity contribution is 7.16. The van der Waals surface area contributed by atoms with Gasteiger partial charge in [-0.2, -0.15) is 4.98 Å². The average Bonchev–Trinajstić information content (AvgIpc) is 2.89. The lowest BCUT2D eigenvalue weighted by atomic mass is 10.3. The number of nitrogens with two attached hydrogens (primary N) is 1. The maximum absolute atomic E-state index is 10.6. The van der Waals surface area contributed by atoms with Crippen molar-refractivity contribution < 1.29 is 4.79 Å². The molecule has 0 radical (unpaired) electrons. The second-order valence-corrected chi connectivity index (χ2v) is 5.07. The fraction of sp³-hybridized carbons (Fsp3) is 0.417. The lowest BCUT2D eigenvalue weighted by molar-refractivity contribution is 0.249. The first kappa shape index (κ1) is 14.3. The first-order valence-electron chi connectivity index (χ1n) is 6.47. The number of hydrogen-bond donors (Lipinski definition) is 4. The van der Waals surface area contributed by atoms with Crippen molar-refractivity contribution >= 4 is 39.4 Å². The van der Waals surface area contributed by atoms with Crippen LogP contribution in [0.25, 0.3) is 10.2 Å². The van der Waals surface area contributed by atoms with Gasteiger partial charge in [0.05, 0.1) is 5.39 Å². The zero-order valence-corrected chi connectivity index (χ0v) is 12.1. The largest absolute Gasteiger partial charge is 0.368 e. The number of carbonyl (C=O) groups excluding carboxylic acids is 1. The Labute approximate surface area is 121 Å². The molecule has 0 saturated heterocycles. The molecular formula is C12H18N6OS. The fourth-order valence-corrected chi connectivity index (χ4v) is 2.44. The van der Waals surface area contributed by atoms with Crippen LogP contribution < -0.4 is 21.7 Å². The van der Waals surface area contributed by atoms with Gasteiger partial charge in [-0.3, -0.25) is 0 Å². The van der Waals surface area contributed by atoms with Crippen LogP contribution in [-0.4, -0.2) is 35.6 Å². The molecule has 8 heteroatoms. The molecule has 0 bridgehead atoms. The van der Waals surface area contributed by atoms with E-state index >= 15 is 0 Å². The van der Waals surface area contributed by atoms with E-state index in [1.807, 2.05) is 11.4 Å². The molecule has 0 aromatic carbocycles. The van der Waals surface area contributed by atoms with E-state index in [4.69, 9.17) is 5.73 Å². The van der Waals surface area contributed by atoms with Crippen LogP contribution in [0.5, 0.6) is 0 Å². The number of carbonyl (C=O) groups is 1. The van der Waals surface area contributed by atoms with Crippen LogP contribution >= 0.6 is 11.3 Å².